The smallest absolute Gasteiger partial charge is 0.256 e. The first-order valence-electron chi connectivity index (χ1n) is 8.35. The molecule has 0 aliphatic heterocycles. The number of carbonyl (C=O) groups is 1. The van der Waals surface area contributed by atoms with Crippen molar-refractivity contribution in [3.63, 3.8) is 0 Å². The van der Waals surface area contributed by atoms with E-state index in [0.717, 1.165) is 11.1 Å². The Hall–Kier alpha value is -3.05. The van der Waals surface area contributed by atoms with E-state index in [1.54, 1.807) is 30.5 Å². The molecule has 5 nitrogen and oxygen atoms in total. The number of nitrogens with zero attached hydrogens (tertiary/aromatic N) is 1. The molecule has 1 heterocycles. The summed E-state index contributed by atoms with van der Waals surface area (Å²) in [4.78, 5) is 16.6. The summed E-state index contributed by atoms with van der Waals surface area (Å²) >= 11 is 6.15. The number of anilines is 1. The predicted octanol–water partition coefficient (Wildman–Crippen LogP) is 4.88. The summed E-state index contributed by atoms with van der Waals surface area (Å²) in [5.41, 5.74) is 2.33. The van der Waals surface area contributed by atoms with E-state index in [-0.39, 0.29) is 5.91 Å². The number of ether oxygens (including phenoxy) is 2. The molecular weight excluding hydrogens is 364 g/mol. The first-order valence-corrected chi connectivity index (χ1v) is 8.73. The molecule has 6 heteroatoms. The van der Waals surface area contributed by atoms with Crippen LogP contribution in [0.2, 0.25) is 5.02 Å². The van der Waals surface area contributed by atoms with Crippen molar-refractivity contribution in [2.24, 2.45) is 0 Å². The molecule has 0 fully saturated rings. The van der Waals surface area contributed by atoms with Gasteiger partial charge in [-0.05, 0) is 48.9 Å². The van der Waals surface area contributed by atoms with E-state index in [1.807, 2.05) is 37.3 Å². The second kappa shape index (κ2) is 8.56. The van der Waals surface area contributed by atoms with Gasteiger partial charge in [-0.15, -0.1) is 0 Å². The van der Waals surface area contributed by atoms with Crippen molar-refractivity contribution < 1.29 is 14.3 Å². The van der Waals surface area contributed by atoms with Gasteiger partial charge in [0, 0.05) is 22.3 Å². The van der Waals surface area contributed by atoms with E-state index < -0.39 is 0 Å². The largest absolute Gasteiger partial charge is 0.493 e. The summed E-state index contributed by atoms with van der Waals surface area (Å²) < 4.78 is 11.2. The maximum Gasteiger partial charge on any atom is 0.256 e. The summed E-state index contributed by atoms with van der Waals surface area (Å²) in [6.45, 7) is 2.24. The van der Waals surface area contributed by atoms with Gasteiger partial charge in [0.2, 0.25) is 0 Å². The second-order valence-electron chi connectivity index (χ2n) is 5.92. The number of methoxy groups -OCH3 is 1. The van der Waals surface area contributed by atoms with Crippen LogP contribution in [0.4, 0.5) is 5.82 Å². The summed E-state index contributed by atoms with van der Waals surface area (Å²) in [5, 5.41) is 3.41. The molecule has 0 saturated heterocycles. The molecule has 0 unspecified atom stereocenters. The Morgan fingerprint density at radius 3 is 2.67 bits per heavy atom. The fourth-order valence-electron chi connectivity index (χ4n) is 2.49. The van der Waals surface area contributed by atoms with Crippen LogP contribution in [0.25, 0.3) is 0 Å². The van der Waals surface area contributed by atoms with Gasteiger partial charge in [-0.25, -0.2) is 4.98 Å². The number of carbonyl (C=O) groups excluding carboxylic acids is 1. The minimum Gasteiger partial charge on any atom is -0.493 e. The average molecular weight is 383 g/mol. The van der Waals surface area contributed by atoms with E-state index in [2.05, 4.69) is 10.3 Å². The SMILES string of the molecule is COc1cc(C(=O)Nc2cc(C)ccn2)ccc1OCc1ccccc1Cl. The summed E-state index contributed by atoms with van der Waals surface area (Å²) in [6, 6.07) is 16.1. The monoisotopic (exact) mass is 382 g/mol. The first-order chi connectivity index (χ1) is 13.1. The lowest BCUT2D eigenvalue weighted by Gasteiger charge is -2.13. The summed E-state index contributed by atoms with van der Waals surface area (Å²) in [5.74, 6) is 1.22. The highest BCUT2D eigenvalue weighted by molar-refractivity contribution is 6.31. The molecule has 1 aromatic heterocycles. The molecule has 0 aliphatic carbocycles. The van der Waals surface area contributed by atoms with E-state index in [1.165, 1.54) is 7.11 Å². The molecule has 0 bridgehead atoms. The van der Waals surface area contributed by atoms with Gasteiger partial charge in [0.15, 0.2) is 11.5 Å². The van der Waals surface area contributed by atoms with Crippen molar-refractivity contribution in [1.82, 2.24) is 4.98 Å². The number of nitrogens with one attached hydrogen (secondary N) is 1. The maximum atomic E-state index is 12.5. The van der Waals surface area contributed by atoms with Gasteiger partial charge >= 0.3 is 0 Å². The van der Waals surface area contributed by atoms with Gasteiger partial charge < -0.3 is 14.8 Å². The lowest BCUT2D eigenvalue weighted by Crippen LogP contribution is -2.13. The normalized spacial score (nSPS) is 10.3. The Morgan fingerprint density at radius 1 is 1.11 bits per heavy atom. The highest BCUT2D eigenvalue weighted by Gasteiger charge is 2.13. The lowest BCUT2D eigenvalue weighted by molar-refractivity contribution is 0.102. The number of hydrogen-bond acceptors (Lipinski definition) is 4. The Kier molecular flexibility index (Phi) is 5.94. The van der Waals surface area contributed by atoms with Gasteiger partial charge in [0.1, 0.15) is 12.4 Å². The number of benzene rings is 2. The average Bonchev–Trinajstić information content (AvgIpc) is 2.67. The molecule has 1 amide bonds. The third-order valence-electron chi connectivity index (χ3n) is 3.92. The van der Waals surface area contributed by atoms with E-state index >= 15 is 0 Å². The number of rotatable bonds is 6. The Bertz CT molecular complexity index is 960. The summed E-state index contributed by atoms with van der Waals surface area (Å²) in [6.07, 6.45) is 1.65. The Balaban J connectivity index is 1.73. The predicted molar refractivity (Wildman–Crippen MR) is 106 cm³/mol. The molecule has 0 atom stereocenters. The van der Waals surface area contributed by atoms with Crippen LogP contribution in [0.15, 0.2) is 60.8 Å². The first kappa shape index (κ1) is 18.7. The van der Waals surface area contributed by atoms with Crippen LogP contribution in [0.1, 0.15) is 21.5 Å². The lowest BCUT2D eigenvalue weighted by atomic mass is 10.2. The van der Waals surface area contributed by atoms with Gasteiger partial charge in [-0.1, -0.05) is 29.8 Å². The topological polar surface area (TPSA) is 60.5 Å². The van der Waals surface area contributed by atoms with Gasteiger partial charge in [-0.2, -0.15) is 0 Å². The van der Waals surface area contributed by atoms with Crippen LogP contribution in [0.5, 0.6) is 11.5 Å². The van der Waals surface area contributed by atoms with Gasteiger partial charge in [0.25, 0.3) is 5.91 Å². The van der Waals surface area contributed by atoms with Gasteiger partial charge in [0.05, 0.1) is 7.11 Å². The zero-order chi connectivity index (χ0) is 19.2. The molecule has 0 radical (unpaired) electrons. The molecule has 3 rings (SSSR count). The van der Waals surface area contributed by atoms with Crippen molar-refractivity contribution in [1.29, 1.82) is 0 Å². The quantitative estimate of drug-likeness (QED) is 0.659. The Labute approximate surface area is 162 Å². The van der Waals surface area contributed by atoms with E-state index in [0.29, 0.717) is 34.5 Å². The van der Waals surface area contributed by atoms with Crippen LogP contribution in [-0.2, 0) is 6.61 Å². The summed E-state index contributed by atoms with van der Waals surface area (Å²) in [7, 11) is 1.53. The minimum atomic E-state index is -0.274. The molecule has 3 aromatic rings. The van der Waals surface area contributed by atoms with Crippen molar-refractivity contribution in [2.45, 2.75) is 13.5 Å². The van der Waals surface area contributed by atoms with Crippen LogP contribution < -0.4 is 14.8 Å². The van der Waals surface area contributed by atoms with Crippen molar-refractivity contribution >= 4 is 23.3 Å². The van der Waals surface area contributed by atoms with E-state index in [9.17, 15) is 4.79 Å². The van der Waals surface area contributed by atoms with Crippen molar-refractivity contribution in [3.8, 4) is 11.5 Å². The zero-order valence-corrected chi connectivity index (χ0v) is 15.8. The maximum absolute atomic E-state index is 12.5. The van der Waals surface area contributed by atoms with Crippen molar-refractivity contribution in [3.05, 3.63) is 82.5 Å². The molecule has 2 aromatic carbocycles. The second-order valence-corrected chi connectivity index (χ2v) is 6.33. The van der Waals surface area contributed by atoms with Gasteiger partial charge in [-0.3, -0.25) is 4.79 Å². The zero-order valence-electron chi connectivity index (χ0n) is 15.0. The number of aryl methyl sites for hydroxylation is 1. The fourth-order valence-corrected chi connectivity index (χ4v) is 2.68. The molecular formula is C21H19ClN2O3. The number of hydrogen-bond donors (Lipinski definition) is 1. The third-order valence-corrected chi connectivity index (χ3v) is 4.29. The number of halogens is 1. The molecule has 0 spiro atoms. The molecule has 27 heavy (non-hydrogen) atoms. The third kappa shape index (κ3) is 4.77. The Morgan fingerprint density at radius 2 is 1.93 bits per heavy atom. The van der Waals surface area contributed by atoms with Crippen molar-refractivity contribution in [2.75, 3.05) is 12.4 Å². The van der Waals surface area contributed by atoms with Crippen LogP contribution >= 0.6 is 11.6 Å². The van der Waals surface area contributed by atoms with Crippen LogP contribution in [-0.4, -0.2) is 18.0 Å². The van der Waals surface area contributed by atoms with E-state index in [4.69, 9.17) is 21.1 Å². The highest BCUT2D eigenvalue weighted by atomic mass is 35.5. The highest BCUT2D eigenvalue weighted by Crippen LogP contribution is 2.30. The fraction of sp³-hybridized carbons (Fsp3) is 0.143. The molecule has 138 valence electrons. The molecule has 0 saturated carbocycles. The molecule has 1 N–H and O–H groups in total. The molecule has 0 aliphatic rings. The van der Waals surface area contributed by atoms with Crippen LogP contribution in [0.3, 0.4) is 0 Å². The minimum absolute atomic E-state index is 0.274. The standard InChI is InChI=1S/C21H19ClN2O3/c1-14-9-10-23-20(11-14)24-21(25)15-7-8-18(19(12-15)26-2)27-13-16-5-3-4-6-17(16)22/h3-12H,13H2,1-2H3,(H,23,24,25). The number of amides is 1. The number of aromatic nitrogens is 1. The van der Waals surface area contributed by atoms with Crippen LogP contribution in [0, 0.1) is 6.92 Å². The number of pyridine rings is 1.